The highest BCUT2D eigenvalue weighted by atomic mass is 15.3. The molecule has 4 heteroatoms. The Kier molecular flexibility index (Phi) is 4.17. The predicted molar refractivity (Wildman–Crippen MR) is 74.6 cm³/mol. The second-order valence-electron chi connectivity index (χ2n) is 5.61. The molecule has 100 valence electrons. The summed E-state index contributed by atoms with van der Waals surface area (Å²) < 4.78 is 0. The van der Waals surface area contributed by atoms with E-state index in [1.807, 2.05) is 12.4 Å². The van der Waals surface area contributed by atoms with Crippen LogP contribution in [0.4, 0.5) is 5.95 Å². The fraction of sp³-hybridized carbons (Fsp3) is 0.714. The molecule has 1 saturated heterocycles. The van der Waals surface area contributed by atoms with Gasteiger partial charge < -0.3 is 10.6 Å². The lowest BCUT2D eigenvalue weighted by molar-refractivity contribution is 0.624. The van der Waals surface area contributed by atoms with Crippen molar-refractivity contribution >= 4 is 5.95 Å². The molecule has 1 aromatic heterocycles. The van der Waals surface area contributed by atoms with Crippen molar-refractivity contribution < 1.29 is 0 Å². The molecule has 1 aliphatic heterocycles. The first-order chi connectivity index (χ1) is 8.60. The van der Waals surface area contributed by atoms with E-state index in [0.29, 0.717) is 6.04 Å². The molecule has 0 bridgehead atoms. The van der Waals surface area contributed by atoms with E-state index in [0.717, 1.165) is 36.8 Å². The largest absolute Gasteiger partial charge is 0.338 e. The van der Waals surface area contributed by atoms with Crippen molar-refractivity contribution in [2.45, 2.75) is 52.1 Å². The van der Waals surface area contributed by atoms with Crippen LogP contribution < -0.4 is 10.6 Å². The fourth-order valence-corrected chi connectivity index (χ4v) is 2.63. The van der Waals surface area contributed by atoms with Gasteiger partial charge in [0, 0.05) is 31.0 Å². The highest BCUT2D eigenvalue weighted by molar-refractivity contribution is 5.33. The summed E-state index contributed by atoms with van der Waals surface area (Å²) >= 11 is 0. The lowest BCUT2D eigenvalue weighted by Crippen LogP contribution is -2.28. The second kappa shape index (κ2) is 5.65. The molecule has 2 N–H and O–H groups in total. The Labute approximate surface area is 110 Å². The molecular weight excluding hydrogens is 224 g/mol. The molecule has 3 atom stereocenters. The topological polar surface area (TPSA) is 55.0 Å². The van der Waals surface area contributed by atoms with Gasteiger partial charge in [-0.1, -0.05) is 13.8 Å². The van der Waals surface area contributed by atoms with Crippen LogP contribution in [0.5, 0.6) is 0 Å². The molecule has 1 aromatic rings. The molecule has 0 saturated carbocycles. The SMILES string of the molecule is CCC(N)Cc1cnc(N2CC(C)CC2C)nc1. The van der Waals surface area contributed by atoms with Crippen LogP contribution >= 0.6 is 0 Å². The summed E-state index contributed by atoms with van der Waals surface area (Å²) in [6.45, 7) is 7.70. The molecule has 0 spiro atoms. The zero-order chi connectivity index (χ0) is 13.1. The summed E-state index contributed by atoms with van der Waals surface area (Å²) in [5.41, 5.74) is 7.07. The Hall–Kier alpha value is -1.16. The Balaban J connectivity index is 2.03. The van der Waals surface area contributed by atoms with Gasteiger partial charge in [0.15, 0.2) is 0 Å². The van der Waals surface area contributed by atoms with Crippen LogP contribution in [0.2, 0.25) is 0 Å². The van der Waals surface area contributed by atoms with Gasteiger partial charge >= 0.3 is 0 Å². The number of nitrogens with two attached hydrogens (primary N) is 1. The Morgan fingerprint density at radius 1 is 1.39 bits per heavy atom. The number of nitrogens with zero attached hydrogens (tertiary/aromatic N) is 3. The Bertz CT molecular complexity index is 376. The summed E-state index contributed by atoms with van der Waals surface area (Å²) in [5.74, 6) is 1.59. The van der Waals surface area contributed by atoms with Crippen LogP contribution in [0.1, 0.15) is 39.2 Å². The number of anilines is 1. The molecule has 1 fully saturated rings. The van der Waals surface area contributed by atoms with Gasteiger partial charge in [0.1, 0.15) is 0 Å². The van der Waals surface area contributed by atoms with E-state index in [1.165, 1.54) is 6.42 Å². The van der Waals surface area contributed by atoms with Gasteiger partial charge in [0.2, 0.25) is 5.95 Å². The summed E-state index contributed by atoms with van der Waals surface area (Å²) in [6, 6.07) is 0.758. The van der Waals surface area contributed by atoms with Crippen molar-refractivity contribution in [1.82, 2.24) is 9.97 Å². The van der Waals surface area contributed by atoms with E-state index < -0.39 is 0 Å². The lowest BCUT2D eigenvalue weighted by Gasteiger charge is -2.21. The lowest BCUT2D eigenvalue weighted by atomic mass is 10.1. The van der Waals surface area contributed by atoms with Crippen LogP contribution in [0.15, 0.2) is 12.4 Å². The van der Waals surface area contributed by atoms with Crippen LogP contribution in [-0.4, -0.2) is 28.6 Å². The van der Waals surface area contributed by atoms with E-state index in [9.17, 15) is 0 Å². The quantitative estimate of drug-likeness (QED) is 0.885. The maximum atomic E-state index is 5.94. The standard InChI is InChI=1S/C14H24N4/c1-4-13(15)6-12-7-16-14(17-8-12)18-9-10(2)5-11(18)3/h7-8,10-11,13H,4-6,9,15H2,1-3H3. The van der Waals surface area contributed by atoms with Crippen molar-refractivity contribution in [2.24, 2.45) is 11.7 Å². The smallest absolute Gasteiger partial charge is 0.225 e. The number of aromatic nitrogens is 2. The van der Waals surface area contributed by atoms with Gasteiger partial charge in [-0.3, -0.25) is 0 Å². The zero-order valence-electron chi connectivity index (χ0n) is 11.6. The van der Waals surface area contributed by atoms with Gasteiger partial charge in [0.25, 0.3) is 0 Å². The number of hydrogen-bond acceptors (Lipinski definition) is 4. The zero-order valence-corrected chi connectivity index (χ0v) is 11.6. The maximum Gasteiger partial charge on any atom is 0.225 e. The predicted octanol–water partition coefficient (Wildman–Crippen LogP) is 1.99. The van der Waals surface area contributed by atoms with Crippen molar-refractivity contribution in [3.63, 3.8) is 0 Å². The average molecular weight is 248 g/mol. The number of rotatable bonds is 4. The van der Waals surface area contributed by atoms with Crippen molar-refractivity contribution in [3.05, 3.63) is 18.0 Å². The minimum Gasteiger partial charge on any atom is -0.338 e. The molecule has 0 aliphatic carbocycles. The summed E-state index contributed by atoms with van der Waals surface area (Å²) in [4.78, 5) is 11.3. The first kappa shape index (κ1) is 13.3. The molecule has 0 amide bonds. The highest BCUT2D eigenvalue weighted by Gasteiger charge is 2.27. The molecular formula is C14H24N4. The van der Waals surface area contributed by atoms with Crippen LogP contribution in [-0.2, 0) is 6.42 Å². The third kappa shape index (κ3) is 2.99. The van der Waals surface area contributed by atoms with E-state index in [2.05, 4.69) is 35.6 Å². The Morgan fingerprint density at radius 3 is 2.56 bits per heavy atom. The fourth-order valence-electron chi connectivity index (χ4n) is 2.63. The Morgan fingerprint density at radius 2 is 2.06 bits per heavy atom. The monoisotopic (exact) mass is 248 g/mol. The molecule has 18 heavy (non-hydrogen) atoms. The van der Waals surface area contributed by atoms with Crippen LogP contribution in [0.25, 0.3) is 0 Å². The van der Waals surface area contributed by atoms with Gasteiger partial charge in [-0.25, -0.2) is 9.97 Å². The molecule has 2 rings (SSSR count). The van der Waals surface area contributed by atoms with Crippen molar-refractivity contribution in [1.29, 1.82) is 0 Å². The third-order valence-electron chi connectivity index (χ3n) is 3.75. The molecule has 0 radical (unpaired) electrons. The van der Waals surface area contributed by atoms with E-state index in [4.69, 9.17) is 5.73 Å². The van der Waals surface area contributed by atoms with Crippen LogP contribution in [0, 0.1) is 5.92 Å². The summed E-state index contributed by atoms with van der Waals surface area (Å²) in [6.07, 6.45) is 6.93. The number of hydrogen-bond donors (Lipinski definition) is 1. The van der Waals surface area contributed by atoms with E-state index in [1.54, 1.807) is 0 Å². The van der Waals surface area contributed by atoms with Crippen LogP contribution in [0.3, 0.4) is 0 Å². The summed E-state index contributed by atoms with van der Waals surface area (Å²) in [5, 5.41) is 0. The van der Waals surface area contributed by atoms with E-state index >= 15 is 0 Å². The van der Waals surface area contributed by atoms with Gasteiger partial charge in [-0.15, -0.1) is 0 Å². The molecule has 3 unspecified atom stereocenters. The maximum absolute atomic E-state index is 5.94. The minimum atomic E-state index is 0.213. The highest BCUT2D eigenvalue weighted by Crippen LogP contribution is 2.25. The average Bonchev–Trinajstić information content (AvgIpc) is 2.69. The van der Waals surface area contributed by atoms with Gasteiger partial charge in [0.05, 0.1) is 0 Å². The van der Waals surface area contributed by atoms with E-state index in [-0.39, 0.29) is 6.04 Å². The third-order valence-corrected chi connectivity index (χ3v) is 3.75. The molecule has 4 nitrogen and oxygen atoms in total. The summed E-state index contributed by atoms with van der Waals surface area (Å²) in [7, 11) is 0. The van der Waals surface area contributed by atoms with Gasteiger partial charge in [-0.2, -0.15) is 0 Å². The second-order valence-corrected chi connectivity index (χ2v) is 5.61. The van der Waals surface area contributed by atoms with Crippen molar-refractivity contribution in [2.75, 3.05) is 11.4 Å². The molecule has 2 heterocycles. The van der Waals surface area contributed by atoms with Gasteiger partial charge in [-0.05, 0) is 37.7 Å². The first-order valence-corrected chi connectivity index (χ1v) is 6.93. The molecule has 0 aromatic carbocycles. The first-order valence-electron chi connectivity index (χ1n) is 6.93. The van der Waals surface area contributed by atoms with Crippen molar-refractivity contribution in [3.8, 4) is 0 Å². The molecule has 1 aliphatic rings. The minimum absolute atomic E-state index is 0.213. The normalized spacial score (nSPS) is 25.4.